The number of carbonyl (C=O) groups is 4. The summed E-state index contributed by atoms with van der Waals surface area (Å²) in [5.41, 5.74) is 1.14. The maximum absolute atomic E-state index is 12.7. The van der Waals surface area contributed by atoms with Gasteiger partial charge in [-0.1, -0.05) is 54.6 Å². The van der Waals surface area contributed by atoms with Crippen LogP contribution < -0.4 is 16.0 Å². The lowest BCUT2D eigenvalue weighted by Crippen LogP contribution is -2.42. The number of carboxylic acids is 1. The van der Waals surface area contributed by atoms with Gasteiger partial charge < -0.3 is 21.1 Å². The molecule has 0 spiro atoms. The Labute approximate surface area is 196 Å². The molecule has 1 atom stereocenters. The van der Waals surface area contributed by atoms with Crippen LogP contribution in [0.5, 0.6) is 0 Å². The third-order valence-electron chi connectivity index (χ3n) is 4.79. The fraction of sp³-hybridized carbons (Fsp3) is 0.0769. The zero-order chi connectivity index (χ0) is 24.3. The molecule has 1 unspecified atom stereocenters. The number of amides is 3. The van der Waals surface area contributed by atoms with Crippen molar-refractivity contribution in [2.45, 2.75) is 12.5 Å². The van der Waals surface area contributed by atoms with Crippen molar-refractivity contribution in [3.05, 3.63) is 120 Å². The summed E-state index contributed by atoms with van der Waals surface area (Å²) in [6, 6.07) is 23.6. The van der Waals surface area contributed by atoms with E-state index < -0.39 is 29.7 Å². The molecule has 4 N–H and O–H groups in total. The first-order valence-electron chi connectivity index (χ1n) is 10.4. The van der Waals surface area contributed by atoms with E-state index in [1.165, 1.54) is 6.20 Å². The van der Waals surface area contributed by atoms with Gasteiger partial charge in [0.2, 0.25) is 0 Å². The molecule has 0 aromatic heterocycles. The number of nitrogens with one attached hydrogen (secondary N) is 3. The van der Waals surface area contributed by atoms with E-state index in [0.717, 1.165) is 0 Å². The maximum Gasteiger partial charge on any atom is 0.326 e. The molecule has 172 valence electrons. The highest BCUT2D eigenvalue weighted by Crippen LogP contribution is 2.08. The number of aliphatic carboxylic acids is 1. The predicted octanol–water partition coefficient (Wildman–Crippen LogP) is 2.96. The molecular formula is C26H23N3O5. The van der Waals surface area contributed by atoms with Crippen LogP contribution in [0.4, 0.5) is 0 Å². The lowest BCUT2D eigenvalue weighted by molar-refractivity contribution is -0.139. The fourth-order valence-electron chi connectivity index (χ4n) is 3.03. The van der Waals surface area contributed by atoms with Crippen molar-refractivity contribution in [2.75, 3.05) is 0 Å². The highest BCUT2D eigenvalue weighted by atomic mass is 16.4. The molecule has 0 saturated carbocycles. The summed E-state index contributed by atoms with van der Waals surface area (Å²) >= 11 is 0. The van der Waals surface area contributed by atoms with Crippen molar-refractivity contribution in [2.24, 2.45) is 0 Å². The van der Waals surface area contributed by atoms with Gasteiger partial charge in [0, 0.05) is 35.0 Å². The molecule has 0 aliphatic heterocycles. The van der Waals surface area contributed by atoms with Crippen molar-refractivity contribution < 1.29 is 24.3 Å². The van der Waals surface area contributed by atoms with Crippen LogP contribution in [0.1, 0.15) is 37.5 Å². The van der Waals surface area contributed by atoms with Gasteiger partial charge in [0.05, 0.1) is 0 Å². The number of hydrogen-bond donors (Lipinski definition) is 4. The van der Waals surface area contributed by atoms with Crippen LogP contribution in [0.25, 0.3) is 0 Å². The predicted molar refractivity (Wildman–Crippen MR) is 126 cm³/mol. The van der Waals surface area contributed by atoms with Gasteiger partial charge in [-0.3, -0.25) is 14.4 Å². The van der Waals surface area contributed by atoms with Crippen molar-refractivity contribution >= 4 is 23.7 Å². The Morgan fingerprint density at radius 3 is 1.59 bits per heavy atom. The average Bonchev–Trinajstić information content (AvgIpc) is 2.87. The lowest BCUT2D eigenvalue weighted by atomic mass is 10.1. The first kappa shape index (κ1) is 23.9. The van der Waals surface area contributed by atoms with E-state index in [1.807, 2.05) is 0 Å². The molecule has 0 aliphatic rings. The van der Waals surface area contributed by atoms with Gasteiger partial charge in [-0.2, -0.15) is 0 Å². The van der Waals surface area contributed by atoms with Gasteiger partial charge >= 0.3 is 5.97 Å². The van der Waals surface area contributed by atoms with Crippen molar-refractivity contribution in [3.63, 3.8) is 0 Å². The first-order valence-corrected chi connectivity index (χ1v) is 10.4. The van der Waals surface area contributed by atoms with E-state index in [2.05, 4.69) is 16.0 Å². The summed E-state index contributed by atoms with van der Waals surface area (Å²) in [7, 11) is 0. The maximum atomic E-state index is 12.7. The molecular weight excluding hydrogens is 434 g/mol. The molecule has 3 rings (SSSR count). The largest absolute Gasteiger partial charge is 0.480 e. The standard InChI is InChI=1S/C26H23N3O5/c30-23(18-10-4-1-5-11-18)27-17-21(28-24(31)19-12-6-2-7-13-19)16-22(26(33)34)29-25(32)20-14-8-3-9-15-20/h1-15,17,22H,16H2,(H,27,30)(H,28,31)(H,29,32)(H,33,34). The quantitative estimate of drug-likeness (QED) is 0.393. The van der Waals surface area contributed by atoms with Crippen molar-refractivity contribution in [1.29, 1.82) is 0 Å². The highest BCUT2D eigenvalue weighted by molar-refractivity contribution is 5.98. The van der Waals surface area contributed by atoms with Crippen molar-refractivity contribution in [1.82, 2.24) is 16.0 Å². The van der Waals surface area contributed by atoms with Gasteiger partial charge in [0.25, 0.3) is 17.7 Å². The van der Waals surface area contributed by atoms with Crippen LogP contribution >= 0.6 is 0 Å². The van der Waals surface area contributed by atoms with Crippen LogP contribution in [-0.4, -0.2) is 34.8 Å². The third kappa shape index (κ3) is 6.89. The third-order valence-corrected chi connectivity index (χ3v) is 4.79. The Balaban J connectivity index is 1.80. The molecule has 8 heteroatoms. The van der Waals surface area contributed by atoms with E-state index >= 15 is 0 Å². The van der Waals surface area contributed by atoms with E-state index in [-0.39, 0.29) is 12.1 Å². The Kier molecular flexibility index (Phi) is 8.29. The second kappa shape index (κ2) is 11.8. The minimum atomic E-state index is -1.36. The molecule has 0 saturated heterocycles. The van der Waals surface area contributed by atoms with Gasteiger partial charge in [0.1, 0.15) is 6.04 Å². The number of rotatable bonds is 9. The second-order valence-electron chi connectivity index (χ2n) is 7.26. The molecule has 0 bridgehead atoms. The normalized spacial score (nSPS) is 11.7. The summed E-state index contributed by atoms with van der Waals surface area (Å²) in [4.78, 5) is 49.5. The number of hydrogen-bond acceptors (Lipinski definition) is 4. The van der Waals surface area contributed by atoms with E-state index in [1.54, 1.807) is 91.0 Å². The Morgan fingerprint density at radius 2 is 1.12 bits per heavy atom. The minimum absolute atomic E-state index is 0.110. The van der Waals surface area contributed by atoms with Crippen LogP contribution in [0.3, 0.4) is 0 Å². The zero-order valence-electron chi connectivity index (χ0n) is 18.1. The number of benzene rings is 3. The molecule has 3 aromatic carbocycles. The Hall–Kier alpha value is -4.72. The number of carboxylic acid groups (broad SMARTS) is 1. The monoisotopic (exact) mass is 457 g/mol. The van der Waals surface area contributed by atoms with Crippen LogP contribution in [0.2, 0.25) is 0 Å². The van der Waals surface area contributed by atoms with Gasteiger partial charge in [-0.15, -0.1) is 0 Å². The summed E-state index contributed by atoms with van der Waals surface area (Å²) in [6.07, 6.45) is 0.961. The van der Waals surface area contributed by atoms with Crippen molar-refractivity contribution in [3.8, 4) is 0 Å². The first-order chi connectivity index (χ1) is 16.4. The molecule has 8 nitrogen and oxygen atoms in total. The molecule has 34 heavy (non-hydrogen) atoms. The van der Waals surface area contributed by atoms with E-state index in [9.17, 15) is 24.3 Å². The summed E-state index contributed by atoms with van der Waals surface area (Å²) in [6.45, 7) is 0. The smallest absolute Gasteiger partial charge is 0.326 e. The number of carbonyl (C=O) groups excluding carboxylic acids is 3. The Morgan fingerprint density at radius 1 is 0.676 bits per heavy atom. The van der Waals surface area contributed by atoms with Crippen LogP contribution in [0.15, 0.2) is 103 Å². The molecule has 0 radical (unpaired) electrons. The molecule has 0 aliphatic carbocycles. The van der Waals surface area contributed by atoms with Gasteiger partial charge in [-0.05, 0) is 36.4 Å². The highest BCUT2D eigenvalue weighted by Gasteiger charge is 2.23. The zero-order valence-corrected chi connectivity index (χ0v) is 18.1. The summed E-state index contributed by atoms with van der Waals surface area (Å²) < 4.78 is 0. The SMILES string of the molecule is O=C(NC=C(CC(NC(=O)c1ccccc1)C(=O)O)NC(=O)c1ccccc1)c1ccccc1. The molecule has 3 aromatic rings. The van der Waals surface area contributed by atoms with E-state index in [0.29, 0.717) is 16.7 Å². The van der Waals surface area contributed by atoms with Gasteiger partial charge in [0.15, 0.2) is 0 Å². The summed E-state index contributed by atoms with van der Waals surface area (Å²) in [5.74, 6) is -2.79. The second-order valence-corrected chi connectivity index (χ2v) is 7.26. The van der Waals surface area contributed by atoms with Crippen LogP contribution in [-0.2, 0) is 4.79 Å². The van der Waals surface area contributed by atoms with Gasteiger partial charge in [-0.25, -0.2) is 4.79 Å². The van der Waals surface area contributed by atoms with Crippen LogP contribution in [0, 0.1) is 0 Å². The fourth-order valence-corrected chi connectivity index (χ4v) is 3.03. The molecule has 0 heterocycles. The molecule has 0 fully saturated rings. The van der Waals surface area contributed by atoms with E-state index in [4.69, 9.17) is 0 Å². The lowest BCUT2D eigenvalue weighted by Gasteiger charge is -2.18. The average molecular weight is 457 g/mol. The topological polar surface area (TPSA) is 125 Å². The minimum Gasteiger partial charge on any atom is -0.480 e. The Bertz CT molecular complexity index is 1180. The molecule has 3 amide bonds. The summed E-state index contributed by atoms with van der Waals surface area (Å²) in [5, 5.41) is 17.3.